The first-order valence-corrected chi connectivity index (χ1v) is 8.23. The minimum absolute atomic E-state index is 0.420. The van der Waals surface area contributed by atoms with Crippen LogP contribution in [-0.4, -0.2) is 32.2 Å². The Morgan fingerprint density at radius 1 is 1.29 bits per heavy atom. The molecule has 0 amide bonds. The lowest BCUT2D eigenvalue weighted by Crippen LogP contribution is -2.32. The van der Waals surface area contributed by atoms with Crippen LogP contribution in [0.25, 0.3) is 0 Å². The molecule has 3 rings (SSSR count). The molecule has 1 heterocycles. The summed E-state index contributed by atoms with van der Waals surface area (Å²) in [4.78, 5) is 6.85. The monoisotopic (exact) mass is 324 g/mol. The highest BCUT2D eigenvalue weighted by Crippen LogP contribution is 2.31. The number of benzene rings is 2. The second-order valence-electron chi connectivity index (χ2n) is 6.00. The second kappa shape index (κ2) is 7.25. The third-order valence-electron chi connectivity index (χ3n) is 4.31. The number of hydrogen-bond acceptors (Lipinski definition) is 3. The van der Waals surface area contributed by atoms with Gasteiger partial charge in [0, 0.05) is 30.0 Å². The molecule has 5 nitrogen and oxygen atoms in total. The number of hydrogen-bond donors (Lipinski definition) is 2. The van der Waals surface area contributed by atoms with Gasteiger partial charge in [0.05, 0.1) is 13.7 Å². The lowest BCUT2D eigenvalue weighted by molar-refractivity contribution is 0.415. The molecule has 126 valence electrons. The molecule has 5 heteroatoms. The van der Waals surface area contributed by atoms with Crippen LogP contribution in [0.4, 0.5) is 11.4 Å². The molecule has 0 aromatic heterocycles. The summed E-state index contributed by atoms with van der Waals surface area (Å²) in [5.41, 5.74) is 9.59. The molecule has 0 saturated carbocycles. The van der Waals surface area contributed by atoms with Crippen LogP contribution in [0.3, 0.4) is 0 Å². The largest absolute Gasteiger partial charge is 0.497 e. The van der Waals surface area contributed by atoms with Crippen molar-refractivity contribution in [3.8, 4) is 5.75 Å². The molecule has 1 aliphatic heterocycles. The molecule has 0 aliphatic carbocycles. The minimum Gasteiger partial charge on any atom is -0.497 e. The predicted octanol–water partition coefficient (Wildman–Crippen LogP) is 2.87. The van der Waals surface area contributed by atoms with E-state index in [9.17, 15) is 0 Å². The third-order valence-corrected chi connectivity index (χ3v) is 4.31. The van der Waals surface area contributed by atoms with Crippen LogP contribution >= 0.6 is 0 Å². The van der Waals surface area contributed by atoms with E-state index < -0.39 is 0 Å². The molecular weight excluding hydrogens is 300 g/mol. The van der Waals surface area contributed by atoms with Gasteiger partial charge in [-0.15, -0.1) is 0 Å². The van der Waals surface area contributed by atoms with Crippen LogP contribution in [0.5, 0.6) is 5.75 Å². The highest BCUT2D eigenvalue weighted by Gasteiger charge is 2.24. The summed E-state index contributed by atoms with van der Waals surface area (Å²) in [5.74, 6) is 1.21. The van der Waals surface area contributed by atoms with Crippen molar-refractivity contribution in [2.45, 2.75) is 19.4 Å². The van der Waals surface area contributed by atoms with Crippen LogP contribution in [0.15, 0.2) is 53.5 Å². The molecule has 2 aromatic rings. The Labute approximate surface area is 143 Å². The van der Waals surface area contributed by atoms with Crippen LogP contribution < -0.4 is 20.7 Å². The average molecular weight is 324 g/mol. The van der Waals surface area contributed by atoms with Crippen molar-refractivity contribution < 1.29 is 4.74 Å². The SMILES string of the molecule is COc1cccc(NC(N)=NCCN2c3ccccc3CC2C)c1. The topological polar surface area (TPSA) is 62.9 Å². The Kier molecular flexibility index (Phi) is 4.89. The zero-order chi connectivity index (χ0) is 16.9. The first-order chi connectivity index (χ1) is 11.7. The first-order valence-electron chi connectivity index (χ1n) is 8.23. The lowest BCUT2D eigenvalue weighted by Gasteiger charge is -2.24. The molecule has 0 bridgehead atoms. The van der Waals surface area contributed by atoms with E-state index in [-0.39, 0.29) is 0 Å². The van der Waals surface area contributed by atoms with Gasteiger partial charge in [-0.25, -0.2) is 0 Å². The van der Waals surface area contributed by atoms with E-state index in [1.54, 1.807) is 7.11 Å². The van der Waals surface area contributed by atoms with Gasteiger partial charge in [-0.1, -0.05) is 24.3 Å². The number of nitrogens with zero attached hydrogens (tertiary/aromatic N) is 2. The van der Waals surface area contributed by atoms with Gasteiger partial charge in [0.25, 0.3) is 0 Å². The molecule has 1 atom stereocenters. The molecule has 2 aromatic carbocycles. The Bertz CT molecular complexity index is 729. The van der Waals surface area contributed by atoms with Gasteiger partial charge in [0.2, 0.25) is 0 Å². The van der Waals surface area contributed by atoms with Crippen LogP contribution in [-0.2, 0) is 6.42 Å². The number of fused-ring (bicyclic) bond motifs is 1. The minimum atomic E-state index is 0.420. The summed E-state index contributed by atoms with van der Waals surface area (Å²) >= 11 is 0. The molecule has 1 unspecified atom stereocenters. The smallest absolute Gasteiger partial charge is 0.193 e. The highest BCUT2D eigenvalue weighted by molar-refractivity contribution is 5.92. The number of nitrogens with two attached hydrogens (primary N) is 1. The highest BCUT2D eigenvalue weighted by atomic mass is 16.5. The fraction of sp³-hybridized carbons (Fsp3) is 0.316. The summed E-state index contributed by atoms with van der Waals surface area (Å²) in [5, 5.41) is 3.10. The van der Waals surface area contributed by atoms with Crippen LogP contribution in [0.1, 0.15) is 12.5 Å². The van der Waals surface area contributed by atoms with Gasteiger partial charge in [-0.2, -0.15) is 0 Å². The lowest BCUT2D eigenvalue weighted by atomic mass is 10.1. The van der Waals surface area contributed by atoms with E-state index in [0.29, 0.717) is 18.5 Å². The zero-order valence-electron chi connectivity index (χ0n) is 14.2. The Balaban J connectivity index is 1.58. The summed E-state index contributed by atoms with van der Waals surface area (Å²) in [7, 11) is 1.64. The number of guanidine groups is 1. The third kappa shape index (κ3) is 3.62. The van der Waals surface area contributed by atoms with E-state index in [0.717, 1.165) is 24.4 Å². The Hall–Kier alpha value is -2.69. The molecule has 24 heavy (non-hydrogen) atoms. The van der Waals surface area contributed by atoms with Crippen molar-refractivity contribution in [2.24, 2.45) is 10.7 Å². The summed E-state index contributed by atoms with van der Waals surface area (Å²) in [6.45, 7) is 3.77. The van der Waals surface area contributed by atoms with Crippen molar-refractivity contribution in [3.05, 3.63) is 54.1 Å². The fourth-order valence-electron chi connectivity index (χ4n) is 3.14. The maximum atomic E-state index is 5.99. The standard InChI is InChI=1S/C19H24N4O/c1-14-12-15-6-3-4-9-18(15)23(14)11-10-21-19(20)22-16-7-5-8-17(13-16)24-2/h3-9,13-14H,10-12H2,1-2H3,(H3,20,21,22). The van der Waals surface area contributed by atoms with E-state index >= 15 is 0 Å². The van der Waals surface area contributed by atoms with E-state index in [4.69, 9.17) is 10.5 Å². The van der Waals surface area contributed by atoms with E-state index in [1.807, 2.05) is 24.3 Å². The second-order valence-corrected chi connectivity index (χ2v) is 6.00. The molecule has 0 fully saturated rings. The van der Waals surface area contributed by atoms with Gasteiger partial charge in [-0.05, 0) is 37.1 Å². The first kappa shape index (κ1) is 16.2. The van der Waals surface area contributed by atoms with Crippen molar-refractivity contribution >= 4 is 17.3 Å². The average Bonchev–Trinajstić information content (AvgIpc) is 2.91. The van der Waals surface area contributed by atoms with Gasteiger partial charge in [0.1, 0.15) is 5.75 Å². The molecular formula is C19H24N4O. The molecule has 0 radical (unpaired) electrons. The molecule has 0 spiro atoms. The number of rotatable bonds is 5. The zero-order valence-corrected chi connectivity index (χ0v) is 14.2. The predicted molar refractivity (Wildman–Crippen MR) is 100 cm³/mol. The van der Waals surface area contributed by atoms with Crippen molar-refractivity contribution in [3.63, 3.8) is 0 Å². The van der Waals surface area contributed by atoms with Crippen molar-refractivity contribution in [1.82, 2.24) is 0 Å². The molecule has 3 N–H and O–H groups in total. The summed E-state index contributed by atoms with van der Waals surface area (Å²) < 4.78 is 5.20. The van der Waals surface area contributed by atoms with Crippen molar-refractivity contribution in [2.75, 3.05) is 30.4 Å². The fourth-order valence-corrected chi connectivity index (χ4v) is 3.14. The maximum Gasteiger partial charge on any atom is 0.193 e. The normalized spacial score (nSPS) is 16.8. The summed E-state index contributed by atoms with van der Waals surface area (Å²) in [6, 6.07) is 16.7. The maximum absolute atomic E-state index is 5.99. The Morgan fingerprint density at radius 3 is 2.96 bits per heavy atom. The quantitative estimate of drug-likeness (QED) is 0.656. The molecule has 1 aliphatic rings. The number of para-hydroxylation sites is 1. The van der Waals surface area contributed by atoms with Gasteiger partial charge in [0.15, 0.2) is 5.96 Å². The Morgan fingerprint density at radius 2 is 2.12 bits per heavy atom. The van der Waals surface area contributed by atoms with E-state index in [1.165, 1.54) is 11.3 Å². The summed E-state index contributed by atoms with van der Waals surface area (Å²) in [6.07, 6.45) is 1.09. The van der Waals surface area contributed by atoms with E-state index in [2.05, 4.69) is 46.4 Å². The van der Waals surface area contributed by atoms with Crippen LogP contribution in [0, 0.1) is 0 Å². The van der Waals surface area contributed by atoms with Gasteiger partial charge in [-0.3, -0.25) is 4.99 Å². The molecule has 0 saturated heterocycles. The number of methoxy groups -OCH3 is 1. The number of anilines is 2. The number of aliphatic imine (C=N–C) groups is 1. The van der Waals surface area contributed by atoms with Gasteiger partial charge < -0.3 is 20.7 Å². The number of ether oxygens (including phenoxy) is 1. The van der Waals surface area contributed by atoms with Gasteiger partial charge >= 0.3 is 0 Å². The van der Waals surface area contributed by atoms with Crippen LogP contribution in [0.2, 0.25) is 0 Å². The number of nitrogens with one attached hydrogen (secondary N) is 1. The van der Waals surface area contributed by atoms with Crippen molar-refractivity contribution in [1.29, 1.82) is 0 Å².